The van der Waals surface area contributed by atoms with Gasteiger partial charge < -0.3 is 13.3 Å². The molecule has 0 rings (SSSR count). The molecule has 0 aliphatic rings. The number of rotatable bonds is 10. The van der Waals surface area contributed by atoms with E-state index in [2.05, 4.69) is 0 Å². The highest BCUT2D eigenvalue weighted by Crippen LogP contribution is 2.22. The predicted molar refractivity (Wildman–Crippen MR) is 69.8 cm³/mol. The van der Waals surface area contributed by atoms with Crippen LogP contribution in [0.25, 0.3) is 0 Å². The molecule has 0 saturated heterocycles. The third-order valence-electron chi connectivity index (χ3n) is 2.45. The third-order valence-corrected chi connectivity index (χ3v) is 5.75. The summed E-state index contributed by atoms with van der Waals surface area (Å²) in [6.45, 7) is 8.89. The van der Waals surface area contributed by atoms with Crippen molar-refractivity contribution in [2.45, 2.75) is 40.2 Å². The molecule has 1 unspecified atom stereocenters. The molecule has 0 aromatic rings. The molecule has 0 saturated carbocycles. The van der Waals surface area contributed by atoms with Gasteiger partial charge in [0.05, 0.1) is 12.5 Å². The van der Waals surface area contributed by atoms with Crippen LogP contribution in [0.15, 0.2) is 0 Å². The van der Waals surface area contributed by atoms with Crippen molar-refractivity contribution in [3.8, 4) is 6.07 Å². The van der Waals surface area contributed by atoms with Crippen molar-refractivity contribution < 1.29 is 18.1 Å². The Balaban J connectivity index is 4.73. The van der Waals surface area contributed by atoms with Crippen LogP contribution in [-0.4, -0.2) is 34.4 Å². The van der Waals surface area contributed by atoms with Crippen molar-refractivity contribution in [2.75, 3.05) is 19.8 Å². The highest BCUT2D eigenvalue weighted by atomic mass is 28.4. The van der Waals surface area contributed by atoms with Crippen LogP contribution < -0.4 is 0 Å². The predicted octanol–water partition coefficient (Wildman–Crippen LogP) is 2.15. The molecule has 0 aromatic carbocycles. The van der Waals surface area contributed by atoms with Crippen LogP contribution in [0.5, 0.6) is 0 Å². The SMILES string of the molecule is CCO[Si](CC(C)C(=O)CC#N)(OCC)OCC. The zero-order chi connectivity index (χ0) is 14.0. The summed E-state index contributed by atoms with van der Waals surface area (Å²) in [5.41, 5.74) is 0. The number of Topliss-reactive ketones (excluding diaryl/α,β-unsaturated/α-hetero) is 1. The van der Waals surface area contributed by atoms with Crippen LogP contribution in [0.3, 0.4) is 0 Å². The summed E-state index contributed by atoms with van der Waals surface area (Å²) in [5.74, 6) is -0.366. The molecule has 104 valence electrons. The second kappa shape index (κ2) is 9.22. The zero-order valence-corrected chi connectivity index (χ0v) is 12.7. The standard InChI is InChI=1S/C12H23NO4Si/c1-5-15-18(16-6-2,17-7-3)10-11(4)12(14)8-9-13/h11H,5-8,10H2,1-4H3. The van der Waals surface area contributed by atoms with E-state index in [-0.39, 0.29) is 18.1 Å². The molecule has 5 nitrogen and oxygen atoms in total. The fourth-order valence-corrected chi connectivity index (χ4v) is 4.60. The Bertz CT molecular complexity index is 273. The number of nitrogens with zero attached hydrogens (tertiary/aromatic N) is 1. The average Bonchev–Trinajstić information content (AvgIpc) is 2.30. The van der Waals surface area contributed by atoms with Gasteiger partial charge in [0.1, 0.15) is 5.78 Å². The highest BCUT2D eigenvalue weighted by molar-refractivity contribution is 6.61. The number of carbonyl (C=O) groups excluding carboxylic acids is 1. The van der Waals surface area contributed by atoms with Gasteiger partial charge in [0.2, 0.25) is 0 Å². The number of nitriles is 1. The van der Waals surface area contributed by atoms with E-state index in [1.54, 1.807) is 6.92 Å². The maximum absolute atomic E-state index is 11.7. The quantitative estimate of drug-likeness (QED) is 0.570. The summed E-state index contributed by atoms with van der Waals surface area (Å²) in [6, 6.07) is 2.31. The van der Waals surface area contributed by atoms with Crippen LogP contribution in [0.1, 0.15) is 34.1 Å². The van der Waals surface area contributed by atoms with Gasteiger partial charge in [0.25, 0.3) is 0 Å². The van der Waals surface area contributed by atoms with Crippen LogP contribution >= 0.6 is 0 Å². The lowest BCUT2D eigenvalue weighted by Crippen LogP contribution is -2.48. The monoisotopic (exact) mass is 273 g/mol. The molecular formula is C12H23NO4Si. The third kappa shape index (κ3) is 5.73. The molecule has 0 amide bonds. The van der Waals surface area contributed by atoms with Crippen molar-refractivity contribution >= 4 is 14.6 Å². The van der Waals surface area contributed by atoms with Gasteiger partial charge in [0.15, 0.2) is 0 Å². The van der Waals surface area contributed by atoms with Gasteiger partial charge in [-0.2, -0.15) is 5.26 Å². The number of carbonyl (C=O) groups is 1. The van der Waals surface area contributed by atoms with Gasteiger partial charge in [-0.25, -0.2) is 0 Å². The zero-order valence-electron chi connectivity index (χ0n) is 11.7. The molecular weight excluding hydrogens is 250 g/mol. The number of hydrogen-bond donors (Lipinski definition) is 0. The van der Waals surface area contributed by atoms with Gasteiger partial charge in [-0.1, -0.05) is 6.92 Å². The summed E-state index contributed by atoms with van der Waals surface area (Å²) < 4.78 is 17.0. The van der Waals surface area contributed by atoms with Crippen molar-refractivity contribution in [1.29, 1.82) is 5.26 Å². The topological polar surface area (TPSA) is 68.6 Å². The van der Waals surface area contributed by atoms with E-state index in [1.165, 1.54) is 0 Å². The molecule has 0 aliphatic heterocycles. The minimum Gasteiger partial charge on any atom is -0.374 e. The minimum absolute atomic E-state index is 0.0734. The van der Waals surface area contributed by atoms with E-state index in [0.717, 1.165) is 0 Å². The summed E-state index contributed by atoms with van der Waals surface area (Å²) in [5, 5.41) is 8.54. The number of ketones is 1. The van der Waals surface area contributed by atoms with Crippen LogP contribution in [-0.2, 0) is 18.1 Å². The summed E-state index contributed by atoms with van der Waals surface area (Å²) >= 11 is 0. The molecule has 0 N–H and O–H groups in total. The molecule has 1 atom stereocenters. The van der Waals surface area contributed by atoms with Gasteiger partial charge in [-0.3, -0.25) is 4.79 Å². The van der Waals surface area contributed by atoms with E-state index >= 15 is 0 Å². The number of hydrogen-bond acceptors (Lipinski definition) is 5. The van der Waals surface area contributed by atoms with Crippen molar-refractivity contribution in [3.63, 3.8) is 0 Å². The molecule has 0 heterocycles. The minimum atomic E-state index is -2.78. The van der Waals surface area contributed by atoms with Crippen molar-refractivity contribution in [3.05, 3.63) is 0 Å². The summed E-state index contributed by atoms with van der Waals surface area (Å²) in [6.07, 6.45) is -0.0734. The lowest BCUT2D eigenvalue weighted by atomic mass is 10.1. The molecule has 0 fully saturated rings. The van der Waals surface area contributed by atoms with Crippen LogP contribution in [0, 0.1) is 17.2 Å². The fraction of sp³-hybridized carbons (Fsp3) is 0.833. The first-order valence-electron chi connectivity index (χ1n) is 6.36. The smallest absolute Gasteiger partial charge is 0.374 e. The Labute approximate surface area is 110 Å². The normalized spacial score (nSPS) is 13.1. The molecule has 18 heavy (non-hydrogen) atoms. The Morgan fingerprint density at radius 3 is 1.94 bits per heavy atom. The largest absolute Gasteiger partial charge is 0.501 e. The highest BCUT2D eigenvalue weighted by Gasteiger charge is 2.43. The van der Waals surface area contributed by atoms with E-state index < -0.39 is 8.80 Å². The molecule has 0 radical (unpaired) electrons. The Hall–Kier alpha value is -0.743. The Kier molecular flexibility index (Phi) is 8.84. The first-order chi connectivity index (χ1) is 8.55. The van der Waals surface area contributed by atoms with Gasteiger partial charge in [0, 0.05) is 31.8 Å². The molecule has 0 bridgehead atoms. The first kappa shape index (κ1) is 17.3. The molecule has 6 heteroatoms. The molecule has 0 aliphatic carbocycles. The molecule has 0 aromatic heterocycles. The molecule has 0 spiro atoms. The van der Waals surface area contributed by atoms with Gasteiger partial charge in [-0.15, -0.1) is 0 Å². The Morgan fingerprint density at radius 2 is 1.61 bits per heavy atom. The fourth-order valence-electron chi connectivity index (χ4n) is 1.70. The average molecular weight is 273 g/mol. The first-order valence-corrected chi connectivity index (χ1v) is 8.29. The van der Waals surface area contributed by atoms with E-state index in [0.29, 0.717) is 25.9 Å². The maximum atomic E-state index is 11.7. The maximum Gasteiger partial charge on any atom is 0.501 e. The summed E-state index contributed by atoms with van der Waals surface area (Å²) in [4.78, 5) is 11.7. The lowest BCUT2D eigenvalue weighted by molar-refractivity contribution is -0.121. The van der Waals surface area contributed by atoms with E-state index in [4.69, 9.17) is 18.5 Å². The van der Waals surface area contributed by atoms with E-state index in [9.17, 15) is 4.79 Å². The van der Waals surface area contributed by atoms with Gasteiger partial charge >= 0.3 is 8.80 Å². The van der Waals surface area contributed by atoms with E-state index in [1.807, 2.05) is 26.8 Å². The summed E-state index contributed by atoms with van der Waals surface area (Å²) in [7, 11) is -2.78. The van der Waals surface area contributed by atoms with Crippen LogP contribution in [0.4, 0.5) is 0 Å². The van der Waals surface area contributed by atoms with Crippen molar-refractivity contribution in [2.24, 2.45) is 5.92 Å². The van der Waals surface area contributed by atoms with Crippen molar-refractivity contribution in [1.82, 2.24) is 0 Å². The lowest BCUT2D eigenvalue weighted by Gasteiger charge is -2.30. The second-order valence-electron chi connectivity index (χ2n) is 3.89. The van der Waals surface area contributed by atoms with Crippen LogP contribution in [0.2, 0.25) is 6.04 Å². The van der Waals surface area contributed by atoms with Gasteiger partial charge in [-0.05, 0) is 20.8 Å². The Morgan fingerprint density at radius 1 is 1.17 bits per heavy atom. The second-order valence-corrected chi connectivity index (χ2v) is 6.53.